The van der Waals surface area contributed by atoms with Crippen LogP contribution in [0.25, 0.3) is 0 Å². The number of benzene rings is 2. The van der Waals surface area contributed by atoms with Gasteiger partial charge >= 0.3 is 0 Å². The lowest BCUT2D eigenvalue weighted by Crippen LogP contribution is -2.28. The van der Waals surface area contributed by atoms with E-state index >= 15 is 0 Å². The Morgan fingerprint density at radius 1 is 1.19 bits per heavy atom. The average molecular weight is 483 g/mol. The first-order valence-electron chi connectivity index (χ1n) is 7.66. The maximum Gasteiger partial charge on any atom is 0.270 e. The van der Waals surface area contributed by atoms with E-state index in [9.17, 15) is 19.7 Å². The van der Waals surface area contributed by atoms with Crippen molar-refractivity contribution in [2.24, 2.45) is 5.92 Å². The zero-order valence-electron chi connectivity index (χ0n) is 13.3. The number of nitrogens with zero attached hydrogens (tertiary/aromatic N) is 2. The van der Waals surface area contributed by atoms with Crippen LogP contribution in [0.2, 0.25) is 0 Å². The van der Waals surface area contributed by atoms with Crippen LogP contribution in [0.15, 0.2) is 51.4 Å². The molecule has 0 saturated carbocycles. The molecule has 1 fully saturated rings. The van der Waals surface area contributed by atoms with E-state index in [1.54, 1.807) is 4.90 Å². The molecule has 26 heavy (non-hydrogen) atoms. The molecule has 1 saturated heterocycles. The number of halogens is 2. The second kappa shape index (κ2) is 7.55. The Bertz CT molecular complexity index is 886. The van der Waals surface area contributed by atoms with Crippen LogP contribution in [0.4, 0.5) is 17.1 Å². The number of hydrogen-bond donors (Lipinski definition) is 1. The van der Waals surface area contributed by atoms with Crippen LogP contribution in [0.3, 0.4) is 0 Å². The van der Waals surface area contributed by atoms with Crippen LogP contribution in [-0.2, 0) is 9.59 Å². The SMILES string of the molecule is O=C(Nc1ccc([N+](=O)[O-])cc1Br)C1CC(=O)N(c2ccc(Br)cc2)C1. The van der Waals surface area contributed by atoms with E-state index in [1.807, 2.05) is 24.3 Å². The number of non-ortho nitro benzene ring substituents is 1. The van der Waals surface area contributed by atoms with Gasteiger partial charge in [-0.25, -0.2) is 0 Å². The van der Waals surface area contributed by atoms with Crippen molar-refractivity contribution in [1.29, 1.82) is 0 Å². The second-order valence-electron chi connectivity index (χ2n) is 5.79. The van der Waals surface area contributed by atoms with Gasteiger partial charge in [-0.3, -0.25) is 19.7 Å². The quantitative estimate of drug-likeness (QED) is 0.524. The van der Waals surface area contributed by atoms with Gasteiger partial charge in [-0.2, -0.15) is 0 Å². The summed E-state index contributed by atoms with van der Waals surface area (Å²) in [6, 6.07) is 11.4. The van der Waals surface area contributed by atoms with E-state index < -0.39 is 10.8 Å². The number of nitrogens with one attached hydrogen (secondary N) is 1. The van der Waals surface area contributed by atoms with E-state index in [0.29, 0.717) is 10.2 Å². The number of rotatable bonds is 4. The lowest BCUT2D eigenvalue weighted by molar-refractivity contribution is -0.384. The van der Waals surface area contributed by atoms with Crippen LogP contribution in [0.1, 0.15) is 6.42 Å². The van der Waals surface area contributed by atoms with Crippen LogP contribution in [0.5, 0.6) is 0 Å². The minimum Gasteiger partial charge on any atom is -0.325 e. The fourth-order valence-electron chi connectivity index (χ4n) is 2.71. The minimum atomic E-state index is -0.512. The summed E-state index contributed by atoms with van der Waals surface area (Å²) in [6.07, 6.45) is 0.118. The molecule has 1 aliphatic heterocycles. The minimum absolute atomic E-state index is 0.0765. The number of amides is 2. The molecule has 1 unspecified atom stereocenters. The molecule has 0 aliphatic carbocycles. The molecule has 0 radical (unpaired) electrons. The Morgan fingerprint density at radius 3 is 2.50 bits per heavy atom. The Labute approximate surface area is 165 Å². The van der Waals surface area contributed by atoms with E-state index in [0.717, 1.165) is 10.2 Å². The van der Waals surface area contributed by atoms with Crippen LogP contribution < -0.4 is 10.2 Å². The fourth-order valence-corrected chi connectivity index (χ4v) is 3.44. The summed E-state index contributed by atoms with van der Waals surface area (Å²) in [5.41, 5.74) is 1.09. The summed E-state index contributed by atoms with van der Waals surface area (Å²) in [4.78, 5) is 36.6. The van der Waals surface area contributed by atoms with Gasteiger partial charge in [0.15, 0.2) is 0 Å². The highest BCUT2D eigenvalue weighted by molar-refractivity contribution is 9.10. The summed E-state index contributed by atoms with van der Waals surface area (Å²) in [7, 11) is 0. The summed E-state index contributed by atoms with van der Waals surface area (Å²) >= 11 is 6.57. The number of carbonyl (C=O) groups is 2. The third kappa shape index (κ3) is 3.94. The van der Waals surface area contributed by atoms with E-state index in [-0.39, 0.29) is 30.5 Å². The van der Waals surface area contributed by atoms with Crippen molar-refractivity contribution >= 4 is 60.7 Å². The number of nitro groups is 1. The molecule has 0 bridgehead atoms. The molecular weight excluding hydrogens is 470 g/mol. The van der Waals surface area contributed by atoms with E-state index in [2.05, 4.69) is 37.2 Å². The Morgan fingerprint density at radius 2 is 1.88 bits per heavy atom. The zero-order valence-corrected chi connectivity index (χ0v) is 16.5. The summed E-state index contributed by atoms with van der Waals surface area (Å²) in [5.74, 6) is -0.906. The lowest BCUT2D eigenvalue weighted by atomic mass is 10.1. The van der Waals surface area contributed by atoms with Gasteiger partial charge in [0.1, 0.15) is 0 Å². The van der Waals surface area contributed by atoms with Crippen molar-refractivity contribution in [3.63, 3.8) is 0 Å². The third-order valence-electron chi connectivity index (χ3n) is 4.06. The highest BCUT2D eigenvalue weighted by Crippen LogP contribution is 2.30. The Hall–Kier alpha value is -2.26. The second-order valence-corrected chi connectivity index (χ2v) is 7.56. The van der Waals surface area contributed by atoms with Gasteiger partial charge in [-0.15, -0.1) is 0 Å². The van der Waals surface area contributed by atoms with Crippen LogP contribution >= 0.6 is 31.9 Å². The number of carbonyl (C=O) groups excluding carboxylic acids is 2. The van der Waals surface area contributed by atoms with Crippen molar-refractivity contribution in [2.75, 3.05) is 16.8 Å². The molecule has 1 atom stereocenters. The first kappa shape index (κ1) is 18.5. The highest BCUT2D eigenvalue weighted by Gasteiger charge is 2.35. The van der Waals surface area contributed by atoms with Gasteiger partial charge in [0, 0.05) is 39.7 Å². The first-order valence-corrected chi connectivity index (χ1v) is 9.24. The van der Waals surface area contributed by atoms with Gasteiger partial charge in [0.25, 0.3) is 5.69 Å². The molecule has 2 amide bonds. The first-order chi connectivity index (χ1) is 12.3. The van der Waals surface area contributed by atoms with Crippen molar-refractivity contribution < 1.29 is 14.5 Å². The number of hydrogen-bond acceptors (Lipinski definition) is 4. The van der Waals surface area contributed by atoms with Crippen molar-refractivity contribution in [2.45, 2.75) is 6.42 Å². The zero-order chi connectivity index (χ0) is 18.8. The third-order valence-corrected chi connectivity index (χ3v) is 5.24. The molecular formula is C17H13Br2N3O4. The smallest absolute Gasteiger partial charge is 0.270 e. The van der Waals surface area contributed by atoms with Crippen molar-refractivity contribution in [3.05, 3.63) is 61.5 Å². The van der Waals surface area contributed by atoms with Gasteiger partial charge in [-0.05, 0) is 46.3 Å². The molecule has 134 valence electrons. The van der Waals surface area contributed by atoms with Crippen molar-refractivity contribution in [1.82, 2.24) is 0 Å². The molecule has 9 heteroatoms. The average Bonchev–Trinajstić information content (AvgIpc) is 2.99. The Kier molecular flexibility index (Phi) is 5.38. The maximum atomic E-state index is 12.5. The maximum absolute atomic E-state index is 12.5. The standard InChI is InChI=1S/C17H13Br2N3O4/c18-11-1-3-12(4-2-11)21-9-10(7-16(21)23)17(24)20-15-6-5-13(22(25)26)8-14(15)19/h1-6,8,10H,7,9H2,(H,20,24). The van der Waals surface area contributed by atoms with E-state index in [4.69, 9.17) is 0 Å². The fraction of sp³-hybridized carbons (Fsp3) is 0.176. The summed E-state index contributed by atoms with van der Waals surface area (Å²) < 4.78 is 1.32. The lowest BCUT2D eigenvalue weighted by Gasteiger charge is -2.17. The molecule has 2 aromatic rings. The molecule has 0 spiro atoms. The summed E-state index contributed by atoms with van der Waals surface area (Å²) in [5, 5.41) is 13.5. The largest absolute Gasteiger partial charge is 0.325 e. The molecule has 1 aliphatic rings. The molecule has 0 aromatic heterocycles. The molecule has 1 N–H and O–H groups in total. The molecule has 1 heterocycles. The number of anilines is 2. The van der Waals surface area contributed by atoms with Gasteiger partial charge < -0.3 is 10.2 Å². The number of nitro benzene ring substituents is 1. The normalized spacial score (nSPS) is 16.6. The monoisotopic (exact) mass is 481 g/mol. The van der Waals surface area contributed by atoms with E-state index in [1.165, 1.54) is 18.2 Å². The molecule has 2 aromatic carbocycles. The van der Waals surface area contributed by atoms with Crippen molar-refractivity contribution in [3.8, 4) is 0 Å². The van der Waals surface area contributed by atoms with Gasteiger partial charge in [0.05, 0.1) is 16.5 Å². The topological polar surface area (TPSA) is 92.5 Å². The van der Waals surface area contributed by atoms with Crippen LogP contribution in [-0.4, -0.2) is 23.3 Å². The molecule has 7 nitrogen and oxygen atoms in total. The summed E-state index contributed by atoms with van der Waals surface area (Å²) in [6.45, 7) is 0.289. The highest BCUT2D eigenvalue weighted by atomic mass is 79.9. The van der Waals surface area contributed by atoms with Crippen LogP contribution in [0, 0.1) is 16.0 Å². The predicted octanol–water partition coefficient (Wildman–Crippen LogP) is 4.11. The van der Waals surface area contributed by atoms with Gasteiger partial charge in [0.2, 0.25) is 11.8 Å². The molecule has 3 rings (SSSR count). The Balaban J connectivity index is 1.70. The van der Waals surface area contributed by atoms with Gasteiger partial charge in [-0.1, -0.05) is 15.9 Å². The predicted molar refractivity (Wildman–Crippen MR) is 104 cm³/mol.